The molecule has 18 heavy (non-hydrogen) atoms. The van der Waals surface area contributed by atoms with Gasteiger partial charge in [-0.1, -0.05) is 6.07 Å². The van der Waals surface area contributed by atoms with E-state index in [0.717, 1.165) is 30.1 Å². The summed E-state index contributed by atoms with van der Waals surface area (Å²) in [7, 11) is 0. The van der Waals surface area contributed by atoms with Gasteiger partial charge in [-0.2, -0.15) is 0 Å². The number of nitrogens with zero attached hydrogens (tertiary/aromatic N) is 1. The molecule has 0 aliphatic heterocycles. The Bertz CT molecular complexity index is 453. The first kappa shape index (κ1) is 13.7. The molecule has 1 unspecified atom stereocenters. The zero-order valence-electron chi connectivity index (χ0n) is 10.4. The number of rotatable bonds is 7. The van der Waals surface area contributed by atoms with Crippen molar-refractivity contribution in [1.29, 1.82) is 0 Å². The number of nitrogens with one attached hydrogen (secondary N) is 1. The molecule has 0 amide bonds. The standard InChI is InChI=1S/C13H18N2OS2/c1-10(4-2-6-16)14-8-11-9-18-13(15-11)12-5-3-7-17-12/h3,5,7,9-10,14,16H,2,4,6,8H2,1H3. The van der Waals surface area contributed by atoms with E-state index in [9.17, 15) is 0 Å². The summed E-state index contributed by atoms with van der Waals surface area (Å²) < 4.78 is 0. The minimum atomic E-state index is 0.269. The lowest BCUT2D eigenvalue weighted by Gasteiger charge is -2.11. The van der Waals surface area contributed by atoms with E-state index in [1.54, 1.807) is 22.7 Å². The molecule has 0 fully saturated rings. The van der Waals surface area contributed by atoms with Crippen LogP contribution in [0.25, 0.3) is 9.88 Å². The van der Waals surface area contributed by atoms with Gasteiger partial charge in [0, 0.05) is 24.6 Å². The smallest absolute Gasteiger partial charge is 0.133 e. The van der Waals surface area contributed by atoms with Gasteiger partial charge in [0.05, 0.1) is 10.6 Å². The highest BCUT2D eigenvalue weighted by atomic mass is 32.1. The summed E-state index contributed by atoms with van der Waals surface area (Å²) in [6.45, 7) is 3.21. The molecule has 2 rings (SSSR count). The molecule has 1 atom stereocenters. The highest BCUT2D eigenvalue weighted by Gasteiger charge is 2.06. The van der Waals surface area contributed by atoms with E-state index in [2.05, 4.69) is 40.1 Å². The molecule has 0 saturated carbocycles. The van der Waals surface area contributed by atoms with E-state index in [1.165, 1.54) is 4.88 Å². The molecule has 0 aliphatic rings. The molecule has 2 heterocycles. The maximum Gasteiger partial charge on any atom is 0.133 e. The van der Waals surface area contributed by atoms with Gasteiger partial charge in [0.1, 0.15) is 5.01 Å². The van der Waals surface area contributed by atoms with Crippen LogP contribution in [0.15, 0.2) is 22.9 Å². The number of hydrogen-bond donors (Lipinski definition) is 2. The molecule has 0 saturated heterocycles. The Morgan fingerprint density at radius 2 is 2.33 bits per heavy atom. The molecule has 3 nitrogen and oxygen atoms in total. The number of thiophene rings is 1. The van der Waals surface area contributed by atoms with Crippen molar-refractivity contribution in [2.75, 3.05) is 6.61 Å². The molecule has 0 spiro atoms. The minimum Gasteiger partial charge on any atom is -0.396 e. The minimum absolute atomic E-state index is 0.269. The van der Waals surface area contributed by atoms with Crippen LogP contribution in [0.2, 0.25) is 0 Å². The largest absolute Gasteiger partial charge is 0.396 e. The summed E-state index contributed by atoms with van der Waals surface area (Å²) in [4.78, 5) is 5.86. The van der Waals surface area contributed by atoms with Crippen LogP contribution in [0.1, 0.15) is 25.5 Å². The van der Waals surface area contributed by atoms with Crippen molar-refractivity contribution in [2.24, 2.45) is 0 Å². The molecule has 0 bridgehead atoms. The third-order valence-corrected chi connectivity index (χ3v) is 4.64. The predicted molar refractivity (Wildman–Crippen MR) is 78.0 cm³/mol. The van der Waals surface area contributed by atoms with Gasteiger partial charge < -0.3 is 10.4 Å². The Kier molecular flexibility index (Phi) is 5.31. The lowest BCUT2D eigenvalue weighted by molar-refractivity contribution is 0.276. The molecule has 98 valence electrons. The zero-order chi connectivity index (χ0) is 12.8. The van der Waals surface area contributed by atoms with Gasteiger partial charge in [0.25, 0.3) is 0 Å². The van der Waals surface area contributed by atoms with Crippen molar-refractivity contribution in [3.63, 3.8) is 0 Å². The van der Waals surface area contributed by atoms with E-state index in [1.807, 2.05) is 0 Å². The highest BCUT2D eigenvalue weighted by molar-refractivity contribution is 7.20. The second kappa shape index (κ2) is 6.99. The van der Waals surface area contributed by atoms with Crippen LogP contribution in [0, 0.1) is 0 Å². The summed E-state index contributed by atoms with van der Waals surface area (Å²) in [5, 5.41) is 17.5. The van der Waals surface area contributed by atoms with Crippen LogP contribution in [0.3, 0.4) is 0 Å². The first-order chi connectivity index (χ1) is 8.79. The number of aromatic nitrogens is 1. The number of aliphatic hydroxyl groups is 1. The fourth-order valence-electron chi connectivity index (χ4n) is 1.68. The fraction of sp³-hybridized carbons (Fsp3) is 0.462. The zero-order valence-corrected chi connectivity index (χ0v) is 12.1. The van der Waals surface area contributed by atoms with E-state index < -0.39 is 0 Å². The van der Waals surface area contributed by atoms with Crippen molar-refractivity contribution >= 4 is 22.7 Å². The molecule has 2 N–H and O–H groups in total. The SMILES string of the molecule is CC(CCCO)NCc1csc(-c2cccs2)n1. The third-order valence-electron chi connectivity index (χ3n) is 2.71. The van der Waals surface area contributed by atoms with Crippen molar-refractivity contribution in [1.82, 2.24) is 10.3 Å². The maximum atomic E-state index is 8.77. The van der Waals surface area contributed by atoms with Gasteiger partial charge in [-0.15, -0.1) is 22.7 Å². The summed E-state index contributed by atoms with van der Waals surface area (Å²) in [6, 6.07) is 4.57. The average molecular weight is 282 g/mol. The lowest BCUT2D eigenvalue weighted by Crippen LogP contribution is -2.25. The molecule has 0 aliphatic carbocycles. The van der Waals surface area contributed by atoms with E-state index in [4.69, 9.17) is 5.11 Å². The van der Waals surface area contributed by atoms with Gasteiger partial charge in [-0.3, -0.25) is 0 Å². The van der Waals surface area contributed by atoms with Gasteiger partial charge >= 0.3 is 0 Å². The molecule has 0 aromatic carbocycles. The van der Waals surface area contributed by atoms with Crippen molar-refractivity contribution in [3.8, 4) is 9.88 Å². The lowest BCUT2D eigenvalue weighted by atomic mass is 10.2. The van der Waals surface area contributed by atoms with Crippen LogP contribution in [-0.2, 0) is 6.54 Å². The van der Waals surface area contributed by atoms with E-state index in [0.29, 0.717) is 6.04 Å². The summed E-state index contributed by atoms with van der Waals surface area (Å²) in [5.41, 5.74) is 1.10. The maximum absolute atomic E-state index is 8.77. The first-order valence-corrected chi connectivity index (χ1v) is 7.88. The van der Waals surface area contributed by atoms with Crippen molar-refractivity contribution < 1.29 is 5.11 Å². The Hall–Kier alpha value is -0.750. The van der Waals surface area contributed by atoms with Crippen molar-refractivity contribution in [3.05, 3.63) is 28.6 Å². The molecule has 5 heteroatoms. The number of hydrogen-bond acceptors (Lipinski definition) is 5. The topological polar surface area (TPSA) is 45.1 Å². The highest BCUT2D eigenvalue weighted by Crippen LogP contribution is 2.27. The van der Waals surface area contributed by atoms with E-state index >= 15 is 0 Å². The van der Waals surface area contributed by atoms with Crippen LogP contribution in [0.4, 0.5) is 0 Å². The molecule has 2 aromatic rings. The number of thiazole rings is 1. The van der Waals surface area contributed by atoms with Gasteiger partial charge in [0.2, 0.25) is 0 Å². The quantitative estimate of drug-likeness (QED) is 0.820. The molecule has 0 radical (unpaired) electrons. The van der Waals surface area contributed by atoms with Crippen LogP contribution < -0.4 is 5.32 Å². The Morgan fingerprint density at radius 3 is 3.06 bits per heavy atom. The van der Waals surface area contributed by atoms with Crippen LogP contribution >= 0.6 is 22.7 Å². The summed E-state index contributed by atoms with van der Waals surface area (Å²) in [6.07, 6.45) is 1.85. The summed E-state index contributed by atoms with van der Waals surface area (Å²) >= 11 is 3.42. The van der Waals surface area contributed by atoms with Crippen LogP contribution in [-0.4, -0.2) is 22.7 Å². The molecular weight excluding hydrogens is 264 g/mol. The third kappa shape index (κ3) is 3.88. The van der Waals surface area contributed by atoms with E-state index in [-0.39, 0.29) is 6.61 Å². The van der Waals surface area contributed by atoms with Gasteiger partial charge in [-0.05, 0) is 31.2 Å². The normalized spacial score (nSPS) is 12.8. The first-order valence-electron chi connectivity index (χ1n) is 6.12. The Balaban J connectivity index is 1.84. The summed E-state index contributed by atoms with van der Waals surface area (Å²) in [5.74, 6) is 0. The molecule has 2 aromatic heterocycles. The van der Waals surface area contributed by atoms with Crippen LogP contribution in [0.5, 0.6) is 0 Å². The van der Waals surface area contributed by atoms with Gasteiger partial charge in [0.15, 0.2) is 0 Å². The van der Waals surface area contributed by atoms with Crippen molar-refractivity contribution in [2.45, 2.75) is 32.4 Å². The Labute approximate surface area is 116 Å². The van der Waals surface area contributed by atoms with Gasteiger partial charge in [-0.25, -0.2) is 4.98 Å². The second-order valence-electron chi connectivity index (χ2n) is 4.27. The monoisotopic (exact) mass is 282 g/mol. The second-order valence-corrected chi connectivity index (χ2v) is 6.07. The molecular formula is C13H18N2OS2. The average Bonchev–Trinajstić information content (AvgIpc) is 3.03. The number of aliphatic hydroxyl groups excluding tert-OH is 1. The fourth-order valence-corrected chi connectivity index (χ4v) is 3.31. The predicted octanol–water partition coefficient (Wildman–Crippen LogP) is 3.12. The Morgan fingerprint density at radius 1 is 1.44 bits per heavy atom.